The Morgan fingerprint density at radius 2 is 1.52 bits per heavy atom. The number of aromatic nitrogens is 1. The summed E-state index contributed by atoms with van der Waals surface area (Å²) in [5.74, 6) is 0. The summed E-state index contributed by atoms with van der Waals surface area (Å²) in [5.41, 5.74) is -0.636. The SMILES string of the molecule is O=Nc1cc2c([nH]c3ccccc32)c(S(=O)(=O)O)c1S(=O)(=O)O. The molecule has 0 amide bonds. The lowest BCUT2D eigenvalue weighted by molar-refractivity contribution is 0.468. The van der Waals surface area contributed by atoms with Gasteiger partial charge in [0.1, 0.15) is 15.5 Å². The average molecular weight is 356 g/mol. The molecular formula is C12H8N2O7S2. The third kappa shape index (κ3) is 2.39. The van der Waals surface area contributed by atoms with E-state index in [0.29, 0.717) is 10.9 Å². The molecule has 0 saturated carbocycles. The van der Waals surface area contributed by atoms with E-state index < -0.39 is 35.7 Å². The number of rotatable bonds is 3. The lowest BCUT2D eigenvalue weighted by Gasteiger charge is -2.08. The summed E-state index contributed by atoms with van der Waals surface area (Å²) in [4.78, 5) is 11.2. The van der Waals surface area contributed by atoms with E-state index in [9.17, 15) is 30.8 Å². The molecule has 2 aromatic carbocycles. The molecule has 0 saturated heterocycles. The maximum Gasteiger partial charge on any atom is 0.298 e. The summed E-state index contributed by atoms with van der Waals surface area (Å²) in [6.07, 6.45) is 0. The molecule has 1 aromatic heterocycles. The van der Waals surface area contributed by atoms with Crippen molar-refractivity contribution in [2.24, 2.45) is 5.18 Å². The van der Waals surface area contributed by atoms with Crippen LogP contribution in [0.1, 0.15) is 0 Å². The molecule has 0 unspecified atom stereocenters. The van der Waals surface area contributed by atoms with Gasteiger partial charge in [-0.2, -0.15) is 16.8 Å². The first-order valence-electron chi connectivity index (χ1n) is 6.00. The van der Waals surface area contributed by atoms with E-state index >= 15 is 0 Å². The van der Waals surface area contributed by atoms with Gasteiger partial charge >= 0.3 is 0 Å². The largest absolute Gasteiger partial charge is 0.353 e. The zero-order valence-electron chi connectivity index (χ0n) is 11.1. The Morgan fingerprint density at radius 1 is 0.913 bits per heavy atom. The van der Waals surface area contributed by atoms with E-state index in [1.807, 2.05) is 0 Å². The van der Waals surface area contributed by atoms with Crippen molar-refractivity contribution in [3.63, 3.8) is 0 Å². The zero-order chi connectivity index (χ0) is 17.0. The van der Waals surface area contributed by atoms with Crippen molar-refractivity contribution >= 4 is 47.7 Å². The number of benzene rings is 2. The van der Waals surface area contributed by atoms with Crippen LogP contribution < -0.4 is 0 Å². The first-order chi connectivity index (χ1) is 10.6. The Morgan fingerprint density at radius 3 is 2.09 bits per heavy atom. The highest BCUT2D eigenvalue weighted by molar-refractivity contribution is 7.89. The van der Waals surface area contributed by atoms with Gasteiger partial charge in [0.05, 0.1) is 5.52 Å². The summed E-state index contributed by atoms with van der Waals surface area (Å²) in [5, 5.41) is 3.12. The number of hydrogen-bond acceptors (Lipinski definition) is 6. The molecular weight excluding hydrogens is 348 g/mol. The van der Waals surface area contributed by atoms with E-state index in [1.165, 1.54) is 0 Å². The van der Waals surface area contributed by atoms with Gasteiger partial charge in [0.2, 0.25) is 0 Å². The fraction of sp³-hybridized carbons (Fsp3) is 0. The van der Waals surface area contributed by atoms with E-state index in [4.69, 9.17) is 0 Å². The molecule has 0 aliphatic rings. The van der Waals surface area contributed by atoms with Crippen molar-refractivity contribution in [3.05, 3.63) is 35.2 Å². The number of nitroso groups, excluding NO2 is 1. The number of fused-ring (bicyclic) bond motifs is 3. The summed E-state index contributed by atoms with van der Waals surface area (Å²) in [7, 11) is -10.2. The second-order valence-corrected chi connectivity index (χ2v) is 7.41. The van der Waals surface area contributed by atoms with Crippen LogP contribution in [0.15, 0.2) is 45.3 Å². The van der Waals surface area contributed by atoms with Crippen LogP contribution in [0.4, 0.5) is 5.69 Å². The molecule has 3 rings (SSSR count). The third-order valence-corrected chi connectivity index (χ3v) is 5.29. The van der Waals surface area contributed by atoms with E-state index in [-0.39, 0.29) is 10.9 Å². The van der Waals surface area contributed by atoms with Gasteiger partial charge in [-0.15, -0.1) is 4.91 Å². The van der Waals surface area contributed by atoms with Gasteiger partial charge in [-0.1, -0.05) is 18.2 Å². The van der Waals surface area contributed by atoms with Crippen LogP contribution in [-0.4, -0.2) is 30.9 Å². The number of nitrogens with zero attached hydrogens (tertiary/aromatic N) is 1. The lowest BCUT2D eigenvalue weighted by Crippen LogP contribution is -2.09. The van der Waals surface area contributed by atoms with Crippen molar-refractivity contribution in [2.45, 2.75) is 9.79 Å². The first-order valence-corrected chi connectivity index (χ1v) is 8.88. The number of hydrogen-bond donors (Lipinski definition) is 3. The van der Waals surface area contributed by atoms with Crippen LogP contribution in [0, 0.1) is 4.91 Å². The van der Waals surface area contributed by atoms with Gasteiger partial charge in [-0.05, 0) is 17.3 Å². The molecule has 1 heterocycles. The Bertz CT molecular complexity index is 1180. The molecule has 0 aliphatic carbocycles. The van der Waals surface area contributed by atoms with Gasteiger partial charge in [0.25, 0.3) is 20.2 Å². The van der Waals surface area contributed by atoms with Gasteiger partial charge in [0.15, 0.2) is 0 Å². The molecule has 3 aromatic rings. The highest BCUT2D eigenvalue weighted by Gasteiger charge is 2.32. The summed E-state index contributed by atoms with van der Waals surface area (Å²) >= 11 is 0. The second kappa shape index (κ2) is 4.83. The summed E-state index contributed by atoms with van der Waals surface area (Å²) in [6, 6.07) is 7.51. The molecule has 120 valence electrons. The predicted molar refractivity (Wildman–Crippen MR) is 80.9 cm³/mol. The summed E-state index contributed by atoms with van der Waals surface area (Å²) < 4.78 is 65.0. The predicted octanol–water partition coefficient (Wildman–Crippen LogP) is 2.21. The van der Waals surface area contributed by atoms with Crippen LogP contribution >= 0.6 is 0 Å². The van der Waals surface area contributed by atoms with Crippen molar-refractivity contribution in [1.29, 1.82) is 0 Å². The van der Waals surface area contributed by atoms with Crippen LogP contribution in [0.3, 0.4) is 0 Å². The fourth-order valence-electron chi connectivity index (χ4n) is 2.49. The van der Waals surface area contributed by atoms with Gasteiger partial charge in [0, 0.05) is 16.3 Å². The third-order valence-electron chi connectivity index (χ3n) is 3.31. The number of aromatic amines is 1. The number of nitrogens with one attached hydrogen (secondary N) is 1. The molecule has 0 atom stereocenters. The number of para-hydroxylation sites is 1. The van der Waals surface area contributed by atoms with Crippen molar-refractivity contribution in [1.82, 2.24) is 4.98 Å². The van der Waals surface area contributed by atoms with Crippen LogP contribution in [0.2, 0.25) is 0 Å². The minimum Gasteiger partial charge on any atom is -0.353 e. The number of H-pyrrole nitrogens is 1. The van der Waals surface area contributed by atoms with Crippen LogP contribution in [-0.2, 0) is 20.2 Å². The molecule has 0 bridgehead atoms. The zero-order valence-corrected chi connectivity index (χ0v) is 12.7. The van der Waals surface area contributed by atoms with Crippen molar-refractivity contribution in [3.8, 4) is 0 Å². The van der Waals surface area contributed by atoms with E-state index in [1.54, 1.807) is 24.3 Å². The fourth-order valence-corrected chi connectivity index (χ4v) is 4.57. The smallest absolute Gasteiger partial charge is 0.298 e. The molecule has 23 heavy (non-hydrogen) atoms. The standard InChI is InChI=1S/C12H8N2O7S2/c15-14-9-5-7-6-3-1-2-4-8(6)13-10(7)12(23(19,20)21)11(9)22(16,17)18/h1-5,13H,(H,16,17,18)(H,19,20,21). The highest BCUT2D eigenvalue weighted by atomic mass is 32.2. The molecule has 11 heteroatoms. The van der Waals surface area contributed by atoms with E-state index in [2.05, 4.69) is 10.2 Å². The topological polar surface area (TPSA) is 154 Å². The Kier molecular flexibility index (Phi) is 3.26. The minimum absolute atomic E-state index is 0.162. The monoisotopic (exact) mass is 356 g/mol. The Hall–Kier alpha value is -2.34. The van der Waals surface area contributed by atoms with Crippen LogP contribution in [0.5, 0.6) is 0 Å². The Balaban J connectivity index is 2.73. The van der Waals surface area contributed by atoms with E-state index in [0.717, 1.165) is 6.07 Å². The Labute approximate surface area is 129 Å². The molecule has 3 N–H and O–H groups in total. The molecule has 9 nitrogen and oxygen atoms in total. The van der Waals surface area contributed by atoms with Gasteiger partial charge < -0.3 is 4.98 Å². The quantitative estimate of drug-likeness (QED) is 0.480. The normalized spacial score (nSPS) is 12.8. The van der Waals surface area contributed by atoms with Crippen molar-refractivity contribution < 1.29 is 25.9 Å². The van der Waals surface area contributed by atoms with Crippen LogP contribution in [0.25, 0.3) is 21.8 Å². The molecule has 0 aliphatic heterocycles. The van der Waals surface area contributed by atoms with Gasteiger partial charge in [-0.25, -0.2) is 0 Å². The lowest BCUT2D eigenvalue weighted by atomic mass is 10.1. The maximum absolute atomic E-state index is 11.7. The minimum atomic E-state index is -5.14. The molecule has 0 radical (unpaired) electrons. The van der Waals surface area contributed by atoms with Gasteiger partial charge in [-0.3, -0.25) is 9.11 Å². The molecule has 0 spiro atoms. The maximum atomic E-state index is 11.7. The average Bonchev–Trinajstić information content (AvgIpc) is 2.81. The summed E-state index contributed by atoms with van der Waals surface area (Å²) in [6.45, 7) is 0. The second-order valence-electron chi connectivity index (χ2n) is 4.69. The first kappa shape index (κ1) is 15.6. The molecule has 0 fully saturated rings. The highest BCUT2D eigenvalue weighted by Crippen LogP contribution is 2.40. The van der Waals surface area contributed by atoms with Crippen molar-refractivity contribution in [2.75, 3.05) is 0 Å².